The van der Waals surface area contributed by atoms with Gasteiger partial charge in [-0.15, -0.1) is 0 Å². The van der Waals surface area contributed by atoms with Crippen LogP contribution in [0.2, 0.25) is 5.02 Å². The molecule has 0 radical (unpaired) electrons. The summed E-state index contributed by atoms with van der Waals surface area (Å²) < 4.78 is 0.887. The summed E-state index contributed by atoms with van der Waals surface area (Å²) in [5.41, 5.74) is 6.53. The Morgan fingerprint density at radius 2 is 2.24 bits per heavy atom. The average Bonchev–Trinajstić information content (AvgIpc) is 2.68. The standard InChI is InChI=1S/C12H14BrClN2O/c13-7-4-5-11(9(14)6-7)16-12(17)8-2-1-3-10(8)15/h4-6,8,10H,1-3,15H2,(H,16,17). The quantitative estimate of drug-likeness (QED) is 0.880. The molecule has 1 aliphatic rings. The number of nitrogens with one attached hydrogen (secondary N) is 1. The van der Waals surface area contributed by atoms with Crippen LogP contribution < -0.4 is 11.1 Å². The third-order valence-electron chi connectivity index (χ3n) is 3.10. The Kier molecular flexibility index (Phi) is 4.07. The van der Waals surface area contributed by atoms with Gasteiger partial charge in [0.15, 0.2) is 0 Å². The number of hydrogen-bond acceptors (Lipinski definition) is 2. The topological polar surface area (TPSA) is 55.1 Å². The Morgan fingerprint density at radius 3 is 2.82 bits per heavy atom. The minimum absolute atomic E-state index is 0.0239. The Bertz CT molecular complexity index is 439. The Balaban J connectivity index is 2.07. The van der Waals surface area contributed by atoms with E-state index in [0.29, 0.717) is 10.7 Å². The summed E-state index contributed by atoms with van der Waals surface area (Å²) in [4.78, 5) is 12.0. The van der Waals surface area contributed by atoms with Crippen molar-refractivity contribution in [1.82, 2.24) is 0 Å². The van der Waals surface area contributed by atoms with Crippen LogP contribution in [0.1, 0.15) is 19.3 Å². The highest BCUT2D eigenvalue weighted by Crippen LogP contribution is 2.29. The van der Waals surface area contributed by atoms with E-state index in [2.05, 4.69) is 21.2 Å². The molecular formula is C12H14BrClN2O. The number of amides is 1. The maximum atomic E-state index is 12.0. The highest BCUT2D eigenvalue weighted by molar-refractivity contribution is 9.10. The molecule has 3 nitrogen and oxygen atoms in total. The molecule has 0 bridgehead atoms. The lowest BCUT2D eigenvalue weighted by Gasteiger charge is -2.15. The first-order chi connectivity index (χ1) is 8.08. The van der Waals surface area contributed by atoms with Gasteiger partial charge in [0.25, 0.3) is 0 Å². The van der Waals surface area contributed by atoms with Gasteiger partial charge in [0.05, 0.1) is 16.6 Å². The van der Waals surface area contributed by atoms with E-state index in [0.717, 1.165) is 23.7 Å². The molecule has 0 heterocycles. The van der Waals surface area contributed by atoms with Crippen LogP contribution in [0.25, 0.3) is 0 Å². The van der Waals surface area contributed by atoms with E-state index >= 15 is 0 Å². The molecule has 5 heteroatoms. The van der Waals surface area contributed by atoms with Crippen molar-refractivity contribution in [1.29, 1.82) is 0 Å². The number of carbonyl (C=O) groups is 1. The van der Waals surface area contributed by atoms with Crippen LogP contribution in [0.15, 0.2) is 22.7 Å². The van der Waals surface area contributed by atoms with Gasteiger partial charge in [-0.2, -0.15) is 0 Å². The third-order valence-corrected chi connectivity index (χ3v) is 3.90. The molecule has 1 aliphatic carbocycles. The number of hydrogen-bond donors (Lipinski definition) is 2. The molecule has 1 fully saturated rings. The maximum Gasteiger partial charge on any atom is 0.229 e. The van der Waals surface area contributed by atoms with Gasteiger partial charge in [-0.05, 0) is 31.0 Å². The number of benzene rings is 1. The van der Waals surface area contributed by atoms with Gasteiger partial charge < -0.3 is 11.1 Å². The predicted octanol–water partition coefficient (Wildman–Crippen LogP) is 3.17. The molecule has 1 aromatic carbocycles. The van der Waals surface area contributed by atoms with Crippen LogP contribution in [0, 0.1) is 5.92 Å². The van der Waals surface area contributed by atoms with Gasteiger partial charge in [0, 0.05) is 10.5 Å². The van der Waals surface area contributed by atoms with Gasteiger partial charge in [-0.1, -0.05) is 34.0 Å². The Hall–Kier alpha value is -0.580. The van der Waals surface area contributed by atoms with E-state index in [1.165, 1.54) is 0 Å². The van der Waals surface area contributed by atoms with Crippen molar-refractivity contribution in [3.05, 3.63) is 27.7 Å². The van der Waals surface area contributed by atoms with Gasteiger partial charge in [-0.25, -0.2) is 0 Å². The first kappa shape index (κ1) is 12.9. The zero-order chi connectivity index (χ0) is 12.4. The molecule has 2 rings (SSSR count). The molecule has 92 valence electrons. The minimum Gasteiger partial charge on any atom is -0.327 e. The van der Waals surface area contributed by atoms with E-state index in [-0.39, 0.29) is 17.9 Å². The number of nitrogens with two attached hydrogens (primary N) is 1. The Labute approximate surface area is 114 Å². The smallest absolute Gasteiger partial charge is 0.229 e. The lowest BCUT2D eigenvalue weighted by Crippen LogP contribution is -2.34. The minimum atomic E-state index is -0.0882. The average molecular weight is 318 g/mol. The summed E-state index contributed by atoms with van der Waals surface area (Å²) in [7, 11) is 0. The predicted molar refractivity (Wildman–Crippen MR) is 73.1 cm³/mol. The fourth-order valence-corrected chi connectivity index (χ4v) is 2.85. The van der Waals surface area contributed by atoms with Crippen molar-refractivity contribution in [2.75, 3.05) is 5.32 Å². The van der Waals surface area contributed by atoms with E-state index < -0.39 is 0 Å². The summed E-state index contributed by atoms with van der Waals surface area (Å²) in [5.74, 6) is -0.117. The maximum absolute atomic E-state index is 12.0. The van der Waals surface area contributed by atoms with Crippen molar-refractivity contribution in [3.8, 4) is 0 Å². The van der Waals surface area contributed by atoms with Crippen LogP contribution in [-0.2, 0) is 4.79 Å². The molecule has 1 amide bonds. The monoisotopic (exact) mass is 316 g/mol. The second-order valence-electron chi connectivity index (χ2n) is 4.31. The molecule has 2 unspecified atom stereocenters. The number of halogens is 2. The molecule has 0 saturated heterocycles. The van der Waals surface area contributed by atoms with Crippen molar-refractivity contribution in [2.24, 2.45) is 11.7 Å². The largest absolute Gasteiger partial charge is 0.327 e. The zero-order valence-electron chi connectivity index (χ0n) is 9.25. The molecule has 17 heavy (non-hydrogen) atoms. The summed E-state index contributed by atoms with van der Waals surface area (Å²) in [5, 5.41) is 3.37. The molecule has 1 aromatic rings. The summed E-state index contributed by atoms with van der Waals surface area (Å²) in [6.45, 7) is 0. The van der Waals surface area contributed by atoms with E-state index in [4.69, 9.17) is 17.3 Å². The first-order valence-corrected chi connectivity index (χ1v) is 6.76. The molecule has 2 atom stereocenters. The first-order valence-electron chi connectivity index (χ1n) is 5.59. The second kappa shape index (κ2) is 5.38. The van der Waals surface area contributed by atoms with E-state index in [1.807, 2.05) is 6.07 Å². The lowest BCUT2D eigenvalue weighted by molar-refractivity contribution is -0.120. The van der Waals surface area contributed by atoms with Gasteiger partial charge in [-0.3, -0.25) is 4.79 Å². The molecule has 1 saturated carbocycles. The van der Waals surface area contributed by atoms with E-state index in [1.54, 1.807) is 12.1 Å². The highest BCUT2D eigenvalue weighted by Gasteiger charge is 2.30. The summed E-state index contributed by atoms with van der Waals surface area (Å²) >= 11 is 9.36. The van der Waals surface area contributed by atoms with Crippen molar-refractivity contribution in [2.45, 2.75) is 25.3 Å². The number of anilines is 1. The van der Waals surface area contributed by atoms with E-state index in [9.17, 15) is 4.79 Å². The van der Waals surface area contributed by atoms with Crippen LogP contribution in [0.5, 0.6) is 0 Å². The van der Waals surface area contributed by atoms with Crippen molar-refractivity contribution in [3.63, 3.8) is 0 Å². The second-order valence-corrected chi connectivity index (χ2v) is 5.64. The normalized spacial score (nSPS) is 23.7. The van der Waals surface area contributed by atoms with Crippen molar-refractivity contribution >= 4 is 39.1 Å². The third kappa shape index (κ3) is 3.00. The van der Waals surface area contributed by atoms with Gasteiger partial charge >= 0.3 is 0 Å². The molecule has 0 spiro atoms. The highest BCUT2D eigenvalue weighted by atomic mass is 79.9. The summed E-state index contributed by atoms with van der Waals surface area (Å²) in [6, 6.07) is 5.36. The van der Waals surface area contributed by atoms with Gasteiger partial charge in [0.1, 0.15) is 0 Å². The number of rotatable bonds is 2. The van der Waals surface area contributed by atoms with Crippen LogP contribution in [0.4, 0.5) is 5.69 Å². The number of carbonyl (C=O) groups excluding carboxylic acids is 1. The molecule has 0 aliphatic heterocycles. The molecule has 3 N–H and O–H groups in total. The Morgan fingerprint density at radius 1 is 1.47 bits per heavy atom. The van der Waals surface area contributed by atoms with Crippen molar-refractivity contribution < 1.29 is 4.79 Å². The van der Waals surface area contributed by atoms with Crippen LogP contribution in [-0.4, -0.2) is 11.9 Å². The van der Waals surface area contributed by atoms with Crippen LogP contribution in [0.3, 0.4) is 0 Å². The zero-order valence-corrected chi connectivity index (χ0v) is 11.6. The fraction of sp³-hybridized carbons (Fsp3) is 0.417. The SMILES string of the molecule is NC1CCCC1C(=O)Nc1ccc(Br)cc1Cl. The molecule has 0 aromatic heterocycles. The van der Waals surface area contributed by atoms with Gasteiger partial charge in [0.2, 0.25) is 5.91 Å². The summed E-state index contributed by atoms with van der Waals surface area (Å²) in [6.07, 6.45) is 2.81. The fourth-order valence-electron chi connectivity index (χ4n) is 2.13. The molecular weight excluding hydrogens is 304 g/mol. The van der Waals surface area contributed by atoms with Crippen LogP contribution >= 0.6 is 27.5 Å². The lowest BCUT2D eigenvalue weighted by atomic mass is 10.0.